The number of hydrogen-bond donors (Lipinski definition) is 0. The van der Waals surface area contributed by atoms with Gasteiger partial charge in [-0.2, -0.15) is 30.2 Å². The second-order valence-corrected chi connectivity index (χ2v) is 11.0. The highest BCUT2D eigenvalue weighted by Gasteiger charge is 2.45. The van der Waals surface area contributed by atoms with Crippen LogP contribution in [-0.2, 0) is 21.1 Å². The minimum absolute atomic E-state index is 0.187. The van der Waals surface area contributed by atoms with Gasteiger partial charge in [0.1, 0.15) is 18.0 Å². The molecule has 8 nitrogen and oxygen atoms in total. The fourth-order valence-corrected chi connectivity index (χ4v) is 5.51. The van der Waals surface area contributed by atoms with Gasteiger partial charge in [0, 0.05) is 52.5 Å². The first kappa shape index (κ1) is 26.3. The highest BCUT2D eigenvalue weighted by molar-refractivity contribution is 7.86. The molecule has 2 fully saturated rings. The van der Waals surface area contributed by atoms with Crippen molar-refractivity contribution in [1.82, 2.24) is 13.5 Å². The monoisotopic (exact) mass is 530 g/mol. The number of carbonyl (C=O) groups is 1. The first-order chi connectivity index (χ1) is 16.9. The minimum atomic E-state index is -4.53. The van der Waals surface area contributed by atoms with E-state index in [1.165, 1.54) is 53.6 Å². The average Bonchev–Trinajstić information content (AvgIpc) is 3.14. The fraction of sp³-hybridized carbons (Fsp3) is 0.435. The number of halogens is 4. The Morgan fingerprint density at radius 2 is 1.67 bits per heavy atom. The quantitative estimate of drug-likeness (QED) is 0.536. The number of cyclic esters (lactones) is 1. The van der Waals surface area contributed by atoms with Crippen molar-refractivity contribution in [2.75, 3.05) is 51.7 Å². The van der Waals surface area contributed by atoms with Crippen molar-refractivity contribution >= 4 is 22.0 Å². The molecule has 0 aromatic heterocycles. The van der Waals surface area contributed by atoms with Crippen molar-refractivity contribution in [2.24, 2.45) is 0 Å². The van der Waals surface area contributed by atoms with Gasteiger partial charge in [0.2, 0.25) is 0 Å². The number of piperazine rings is 1. The number of ether oxygens (including phenoxy) is 1. The van der Waals surface area contributed by atoms with Crippen molar-refractivity contribution < 1.29 is 35.5 Å². The van der Waals surface area contributed by atoms with Crippen LogP contribution >= 0.6 is 0 Å². The van der Waals surface area contributed by atoms with E-state index >= 15 is 0 Å². The summed E-state index contributed by atoms with van der Waals surface area (Å²) >= 11 is 0. The van der Waals surface area contributed by atoms with Crippen molar-refractivity contribution in [3.63, 3.8) is 0 Å². The Morgan fingerprint density at radius 3 is 2.22 bits per heavy atom. The van der Waals surface area contributed by atoms with E-state index in [1.807, 2.05) is 4.90 Å². The van der Waals surface area contributed by atoms with Gasteiger partial charge >= 0.3 is 12.3 Å². The Kier molecular flexibility index (Phi) is 7.28. The van der Waals surface area contributed by atoms with Crippen LogP contribution in [0.4, 0.5) is 28.0 Å². The summed E-state index contributed by atoms with van der Waals surface area (Å²) in [6.07, 6.45) is -6.06. The molecule has 0 unspecified atom stereocenters. The molecule has 4 rings (SSSR count). The summed E-state index contributed by atoms with van der Waals surface area (Å²) in [5.74, 6) is -0.527. The maximum atomic E-state index is 14.1. The van der Waals surface area contributed by atoms with Gasteiger partial charge in [-0.15, -0.1) is 0 Å². The van der Waals surface area contributed by atoms with Gasteiger partial charge in [0.25, 0.3) is 10.2 Å². The zero-order valence-electron chi connectivity index (χ0n) is 19.7. The molecule has 1 amide bonds. The summed E-state index contributed by atoms with van der Waals surface area (Å²) in [5.41, 5.74) is -0.241. The SMILES string of the molecule is CN(C)S(=O)(=O)N1CCN(C[C@@H]2OC(=O)N(c3ccc(C(F)(F)F)cc3)[C@H]2c2cccc(F)c2)CC1. The number of amides is 1. The number of alkyl halides is 3. The van der Waals surface area contributed by atoms with Crippen molar-refractivity contribution in [1.29, 1.82) is 0 Å². The molecule has 0 aliphatic carbocycles. The lowest BCUT2D eigenvalue weighted by Gasteiger charge is -2.36. The Labute approximate surface area is 206 Å². The Balaban J connectivity index is 1.58. The molecule has 0 spiro atoms. The Bertz CT molecular complexity index is 1200. The second kappa shape index (κ2) is 9.96. The van der Waals surface area contributed by atoms with E-state index in [-0.39, 0.29) is 25.3 Å². The van der Waals surface area contributed by atoms with Crippen molar-refractivity contribution in [3.05, 3.63) is 65.5 Å². The van der Waals surface area contributed by atoms with Crippen LogP contribution < -0.4 is 4.90 Å². The molecule has 2 aromatic carbocycles. The van der Waals surface area contributed by atoms with Crippen LogP contribution in [0.2, 0.25) is 0 Å². The minimum Gasteiger partial charge on any atom is -0.442 e. The summed E-state index contributed by atoms with van der Waals surface area (Å²) in [7, 11) is -0.637. The molecule has 0 saturated carbocycles. The lowest BCUT2D eigenvalue weighted by molar-refractivity contribution is -0.137. The number of benzene rings is 2. The van der Waals surface area contributed by atoms with E-state index in [0.29, 0.717) is 18.7 Å². The van der Waals surface area contributed by atoms with Crippen LogP contribution in [0, 0.1) is 5.82 Å². The maximum Gasteiger partial charge on any atom is 0.416 e. The second-order valence-electron chi connectivity index (χ2n) is 8.83. The largest absolute Gasteiger partial charge is 0.442 e. The molecule has 196 valence electrons. The van der Waals surface area contributed by atoms with E-state index in [9.17, 15) is 30.8 Å². The van der Waals surface area contributed by atoms with Crippen molar-refractivity contribution in [2.45, 2.75) is 18.3 Å². The molecular formula is C23H26F4N4O4S. The Morgan fingerprint density at radius 1 is 1.03 bits per heavy atom. The number of anilines is 1. The van der Waals surface area contributed by atoms with Gasteiger partial charge in [-0.1, -0.05) is 12.1 Å². The third kappa shape index (κ3) is 5.33. The molecule has 2 aliphatic heterocycles. The molecule has 36 heavy (non-hydrogen) atoms. The number of nitrogens with zero attached hydrogens (tertiary/aromatic N) is 4. The van der Waals surface area contributed by atoms with Crippen LogP contribution in [-0.4, -0.2) is 80.9 Å². The van der Waals surface area contributed by atoms with Crippen LogP contribution in [0.3, 0.4) is 0 Å². The van der Waals surface area contributed by atoms with Crippen LogP contribution in [0.25, 0.3) is 0 Å². The lowest BCUT2D eigenvalue weighted by atomic mass is 9.99. The highest BCUT2D eigenvalue weighted by Crippen LogP contribution is 2.39. The zero-order valence-corrected chi connectivity index (χ0v) is 20.5. The first-order valence-electron chi connectivity index (χ1n) is 11.2. The predicted octanol–water partition coefficient (Wildman–Crippen LogP) is 3.34. The van der Waals surface area contributed by atoms with Gasteiger partial charge in [-0.25, -0.2) is 9.18 Å². The van der Waals surface area contributed by atoms with Gasteiger partial charge in [-0.3, -0.25) is 9.80 Å². The average molecular weight is 531 g/mol. The summed E-state index contributed by atoms with van der Waals surface area (Å²) in [5, 5.41) is 0. The van der Waals surface area contributed by atoms with E-state index < -0.39 is 46.0 Å². The number of rotatable bonds is 6. The van der Waals surface area contributed by atoms with Gasteiger partial charge < -0.3 is 4.74 Å². The lowest BCUT2D eigenvalue weighted by Crippen LogP contribution is -2.53. The predicted molar refractivity (Wildman–Crippen MR) is 124 cm³/mol. The smallest absolute Gasteiger partial charge is 0.416 e. The molecule has 2 aromatic rings. The zero-order chi connectivity index (χ0) is 26.3. The van der Waals surface area contributed by atoms with E-state index in [4.69, 9.17) is 4.74 Å². The normalized spacial score (nSPS) is 22.3. The first-order valence-corrected chi connectivity index (χ1v) is 12.6. The fourth-order valence-electron chi connectivity index (χ4n) is 4.43. The van der Waals surface area contributed by atoms with Gasteiger partial charge in [-0.05, 0) is 42.0 Å². The third-order valence-corrected chi connectivity index (χ3v) is 8.24. The number of hydrogen-bond acceptors (Lipinski definition) is 5. The van der Waals surface area contributed by atoms with Crippen LogP contribution in [0.5, 0.6) is 0 Å². The topological polar surface area (TPSA) is 73.4 Å². The summed E-state index contributed by atoms with van der Waals surface area (Å²) in [4.78, 5) is 16.1. The highest BCUT2D eigenvalue weighted by atomic mass is 32.2. The van der Waals surface area contributed by atoms with Crippen molar-refractivity contribution in [3.8, 4) is 0 Å². The Hall–Kier alpha value is -2.74. The van der Waals surface area contributed by atoms with E-state index in [0.717, 1.165) is 16.4 Å². The van der Waals surface area contributed by atoms with Gasteiger partial charge in [0.15, 0.2) is 0 Å². The molecule has 0 radical (unpaired) electrons. The van der Waals surface area contributed by atoms with E-state index in [1.54, 1.807) is 6.07 Å². The molecule has 0 N–H and O–H groups in total. The van der Waals surface area contributed by atoms with Crippen LogP contribution in [0.1, 0.15) is 17.2 Å². The standard InChI is InChI=1S/C23H26F4N4O4S/c1-28(2)36(33,34)30-12-10-29(11-13-30)15-20-21(16-4-3-5-18(24)14-16)31(22(32)35-20)19-8-6-17(7-9-19)23(25,26)27/h3-9,14,20-21H,10-13,15H2,1-2H3/t20-,21-/m0/s1. The summed E-state index contributed by atoms with van der Waals surface area (Å²) in [6.45, 7) is 1.50. The van der Waals surface area contributed by atoms with Crippen LogP contribution in [0.15, 0.2) is 48.5 Å². The molecule has 0 bridgehead atoms. The summed E-state index contributed by atoms with van der Waals surface area (Å²) < 4.78 is 86.1. The van der Waals surface area contributed by atoms with Gasteiger partial charge in [0.05, 0.1) is 5.56 Å². The molecule has 2 aliphatic rings. The third-order valence-electron chi connectivity index (χ3n) is 6.30. The molecule has 2 atom stereocenters. The molecule has 2 saturated heterocycles. The molecule has 2 heterocycles. The van der Waals surface area contributed by atoms with E-state index in [2.05, 4.69) is 0 Å². The molecule has 13 heteroatoms. The summed E-state index contributed by atoms with van der Waals surface area (Å²) in [6, 6.07) is 8.95. The number of carbonyl (C=O) groups excluding carboxylic acids is 1. The maximum absolute atomic E-state index is 14.1. The molecular weight excluding hydrogens is 504 g/mol.